The molecule has 3 N–H and O–H groups in total. The standard InChI is InChI=1S/C19H23ClN2O5.ClH/c1-24-12-7-13(25-2)9-14(8-12)27-6-4-5-22-19(23)15-10-16(20)17(21)11-18(15)26-3;/h7-11H,4-6,21H2,1-3H3,(H,22,23);1H. The molecule has 2 rings (SSSR count). The monoisotopic (exact) mass is 430 g/mol. The first-order valence-electron chi connectivity index (χ1n) is 8.25. The normalized spacial score (nSPS) is 9.86. The number of hydrogen-bond donors (Lipinski definition) is 2. The molecule has 7 nitrogen and oxygen atoms in total. The average Bonchev–Trinajstić information content (AvgIpc) is 2.68. The fourth-order valence-electron chi connectivity index (χ4n) is 2.34. The lowest BCUT2D eigenvalue weighted by molar-refractivity contribution is 0.0948. The lowest BCUT2D eigenvalue weighted by atomic mass is 10.1. The average molecular weight is 431 g/mol. The van der Waals surface area contributed by atoms with E-state index in [9.17, 15) is 4.79 Å². The van der Waals surface area contributed by atoms with Gasteiger partial charge in [-0.05, 0) is 12.5 Å². The molecule has 0 bridgehead atoms. The highest BCUT2D eigenvalue weighted by molar-refractivity contribution is 6.33. The van der Waals surface area contributed by atoms with Crippen LogP contribution < -0.4 is 30.0 Å². The van der Waals surface area contributed by atoms with Crippen LogP contribution in [0.25, 0.3) is 0 Å². The molecule has 0 saturated carbocycles. The van der Waals surface area contributed by atoms with Gasteiger partial charge in [-0.1, -0.05) is 11.6 Å². The Kier molecular flexibility index (Phi) is 9.55. The minimum Gasteiger partial charge on any atom is -0.496 e. The quantitative estimate of drug-likeness (QED) is 0.466. The summed E-state index contributed by atoms with van der Waals surface area (Å²) in [6.07, 6.45) is 0.607. The van der Waals surface area contributed by atoms with Gasteiger partial charge in [0.1, 0.15) is 23.0 Å². The summed E-state index contributed by atoms with van der Waals surface area (Å²) in [4.78, 5) is 12.3. The molecular formula is C19H24Cl2N2O5. The van der Waals surface area contributed by atoms with Crippen LogP contribution in [-0.2, 0) is 0 Å². The number of carbonyl (C=O) groups is 1. The second-order valence-electron chi connectivity index (χ2n) is 5.58. The van der Waals surface area contributed by atoms with E-state index in [-0.39, 0.29) is 18.3 Å². The van der Waals surface area contributed by atoms with Crippen molar-refractivity contribution in [3.63, 3.8) is 0 Å². The number of nitrogens with one attached hydrogen (secondary N) is 1. The van der Waals surface area contributed by atoms with E-state index in [4.69, 9.17) is 36.3 Å². The van der Waals surface area contributed by atoms with Crippen molar-refractivity contribution in [2.24, 2.45) is 0 Å². The third-order valence-electron chi connectivity index (χ3n) is 3.76. The fraction of sp³-hybridized carbons (Fsp3) is 0.316. The molecule has 0 spiro atoms. The molecule has 0 aliphatic carbocycles. The van der Waals surface area contributed by atoms with Crippen molar-refractivity contribution >= 4 is 35.6 Å². The van der Waals surface area contributed by atoms with E-state index in [0.717, 1.165) is 0 Å². The number of halogens is 2. The summed E-state index contributed by atoms with van der Waals surface area (Å²) in [5.41, 5.74) is 6.41. The Labute approximate surface area is 175 Å². The number of ether oxygens (including phenoxy) is 4. The third-order valence-corrected chi connectivity index (χ3v) is 4.09. The molecule has 0 heterocycles. The van der Waals surface area contributed by atoms with Gasteiger partial charge in [0, 0.05) is 30.8 Å². The van der Waals surface area contributed by atoms with E-state index >= 15 is 0 Å². The van der Waals surface area contributed by atoms with Crippen LogP contribution in [0.5, 0.6) is 23.0 Å². The van der Waals surface area contributed by atoms with Crippen LogP contribution in [0.4, 0.5) is 5.69 Å². The largest absolute Gasteiger partial charge is 0.496 e. The van der Waals surface area contributed by atoms with Gasteiger partial charge in [0.05, 0.1) is 44.2 Å². The maximum absolute atomic E-state index is 12.3. The Bertz CT molecular complexity index is 780. The first kappa shape index (κ1) is 23.5. The van der Waals surface area contributed by atoms with E-state index in [1.54, 1.807) is 32.4 Å². The maximum atomic E-state index is 12.3. The minimum absolute atomic E-state index is 0. The van der Waals surface area contributed by atoms with Crippen LogP contribution in [0.2, 0.25) is 5.02 Å². The van der Waals surface area contributed by atoms with Gasteiger partial charge in [-0.2, -0.15) is 0 Å². The van der Waals surface area contributed by atoms with Gasteiger partial charge in [-0.15, -0.1) is 12.4 Å². The predicted molar refractivity (Wildman–Crippen MR) is 112 cm³/mol. The molecule has 9 heteroatoms. The van der Waals surface area contributed by atoms with Crippen LogP contribution in [0.1, 0.15) is 16.8 Å². The summed E-state index contributed by atoms with van der Waals surface area (Å²) in [7, 11) is 4.62. The molecule has 0 aliphatic heterocycles. The zero-order valence-electron chi connectivity index (χ0n) is 15.9. The van der Waals surface area contributed by atoms with E-state index in [0.29, 0.717) is 58.8 Å². The van der Waals surface area contributed by atoms with E-state index in [2.05, 4.69) is 5.32 Å². The number of rotatable bonds is 9. The van der Waals surface area contributed by atoms with Gasteiger partial charge in [0.15, 0.2) is 0 Å². The number of nitrogens with two attached hydrogens (primary N) is 1. The summed E-state index contributed by atoms with van der Waals surface area (Å²) in [5, 5.41) is 3.11. The van der Waals surface area contributed by atoms with Crippen LogP contribution in [0, 0.1) is 0 Å². The molecule has 0 fully saturated rings. The lowest BCUT2D eigenvalue weighted by Crippen LogP contribution is -2.26. The van der Waals surface area contributed by atoms with Crippen molar-refractivity contribution in [2.75, 3.05) is 40.2 Å². The predicted octanol–water partition coefficient (Wildman–Crippen LogP) is 3.57. The number of benzene rings is 2. The van der Waals surface area contributed by atoms with Crippen molar-refractivity contribution < 1.29 is 23.7 Å². The number of carbonyl (C=O) groups excluding carboxylic acids is 1. The van der Waals surface area contributed by atoms with E-state index in [1.165, 1.54) is 19.2 Å². The van der Waals surface area contributed by atoms with Crippen molar-refractivity contribution in [3.8, 4) is 23.0 Å². The van der Waals surface area contributed by atoms with Crippen molar-refractivity contribution in [1.82, 2.24) is 5.32 Å². The van der Waals surface area contributed by atoms with E-state index in [1.807, 2.05) is 0 Å². The highest BCUT2D eigenvalue weighted by Crippen LogP contribution is 2.29. The Morgan fingerprint density at radius 3 is 2.18 bits per heavy atom. The molecule has 2 aromatic rings. The second kappa shape index (κ2) is 11.4. The molecule has 28 heavy (non-hydrogen) atoms. The van der Waals surface area contributed by atoms with Crippen molar-refractivity contribution in [1.29, 1.82) is 0 Å². The maximum Gasteiger partial charge on any atom is 0.255 e. The Morgan fingerprint density at radius 1 is 1.00 bits per heavy atom. The number of methoxy groups -OCH3 is 3. The Balaban J connectivity index is 0.00000392. The molecule has 154 valence electrons. The number of nitrogen functional groups attached to an aromatic ring is 1. The zero-order chi connectivity index (χ0) is 19.8. The lowest BCUT2D eigenvalue weighted by Gasteiger charge is -2.12. The fourth-order valence-corrected chi connectivity index (χ4v) is 2.50. The Morgan fingerprint density at radius 2 is 1.61 bits per heavy atom. The van der Waals surface area contributed by atoms with Gasteiger partial charge in [0.25, 0.3) is 5.91 Å². The molecule has 2 aromatic carbocycles. The summed E-state index contributed by atoms with van der Waals surface area (Å²) >= 11 is 5.99. The molecule has 0 aliphatic rings. The SMILES string of the molecule is COc1cc(OC)cc(OCCCNC(=O)c2cc(Cl)c(N)cc2OC)c1.Cl. The summed E-state index contributed by atoms with van der Waals surface area (Å²) in [6, 6.07) is 8.31. The number of anilines is 1. The van der Waals surface area contributed by atoms with Gasteiger partial charge in [-0.25, -0.2) is 0 Å². The van der Waals surface area contributed by atoms with Crippen LogP contribution in [0.3, 0.4) is 0 Å². The Hall–Kier alpha value is -2.51. The first-order chi connectivity index (χ1) is 13.0. The highest BCUT2D eigenvalue weighted by atomic mass is 35.5. The van der Waals surface area contributed by atoms with Gasteiger partial charge >= 0.3 is 0 Å². The second-order valence-corrected chi connectivity index (χ2v) is 5.99. The molecule has 0 radical (unpaired) electrons. The zero-order valence-corrected chi connectivity index (χ0v) is 17.5. The summed E-state index contributed by atoms with van der Waals surface area (Å²) in [5.74, 6) is 1.99. The summed E-state index contributed by atoms with van der Waals surface area (Å²) in [6.45, 7) is 0.835. The topological polar surface area (TPSA) is 92.0 Å². The molecule has 1 amide bonds. The molecule has 0 aromatic heterocycles. The van der Waals surface area contributed by atoms with Crippen molar-refractivity contribution in [2.45, 2.75) is 6.42 Å². The molecule has 0 unspecified atom stereocenters. The first-order valence-corrected chi connectivity index (χ1v) is 8.63. The summed E-state index contributed by atoms with van der Waals surface area (Å²) < 4.78 is 21.3. The molecular weight excluding hydrogens is 407 g/mol. The number of amides is 1. The van der Waals surface area contributed by atoms with Crippen LogP contribution in [-0.4, -0.2) is 40.4 Å². The molecule has 0 atom stereocenters. The van der Waals surface area contributed by atoms with Gasteiger partial charge in [-0.3, -0.25) is 4.79 Å². The smallest absolute Gasteiger partial charge is 0.255 e. The third kappa shape index (κ3) is 6.28. The molecule has 0 saturated heterocycles. The van der Waals surface area contributed by atoms with Crippen molar-refractivity contribution in [3.05, 3.63) is 40.9 Å². The van der Waals surface area contributed by atoms with Gasteiger partial charge in [0.2, 0.25) is 0 Å². The highest BCUT2D eigenvalue weighted by Gasteiger charge is 2.14. The van der Waals surface area contributed by atoms with E-state index < -0.39 is 0 Å². The number of hydrogen-bond acceptors (Lipinski definition) is 6. The van der Waals surface area contributed by atoms with Crippen LogP contribution in [0.15, 0.2) is 30.3 Å². The van der Waals surface area contributed by atoms with Crippen LogP contribution >= 0.6 is 24.0 Å². The minimum atomic E-state index is -0.295. The van der Waals surface area contributed by atoms with Gasteiger partial charge < -0.3 is 30.0 Å².